The molecule has 12 heavy (non-hydrogen) atoms. The van der Waals surface area contributed by atoms with Crippen molar-refractivity contribution in [2.75, 3.05) is 5.32 Å². The predicted molar refractivity (Wildman–Crippen MR) is 46.0 cm³/mol. The van der Waals surface area contributed by atoms with Crippen LogP contribution in [0, 0.1) is 5.92 Å². The van der Waals surface area contributed by atoms with Gasteiger partial charge in [0, 0.05) is 6.04 Å². The molecule has 2 atom stereocenters. The Hall–Kier alpha value is -0.900. The Morgan fingerprint density at radius 1 is 1.67 bits per heavy atom. The highest BCUT2D eigenvalue weighted by atomic mass is 35.5. The van der Waals surface area contributed by atoms with E-state index in [2.05, 4.69) is 27.4 Å². The van der Waals surface area contributed by atoms with Crippen LogP contribution in [0.1, 0.15) is 13.3 Å². The maximum atomic E-state index is 5.56. The molecule has 1 fully saturated rings. The van der Waals surface area contributed by atoms with E-state index in [0.717, 1.165) is 5.92 Å². The quantitative estimate of drug-likeness (QED) is 0.754. The highest BCUT2D eigenvalue weighted by Crippen LogP contribution is 2.31. The Morgan fingerprint density at radius 3 is 3.00 bits per heavy atom. The van der Waals surface area contributed by atoms with E-state index in [4.69, 9.17) is 11.6 Å². The molecule has 4 nitrogen and oxygen atoms in total. The molecule has 0 spiro atoms. The first-order valence-electron chi connectivity index (χ1n) is 3.87. The van der Waals surface area contributed by atoms with Crippen LogP contribution in [0.25, 0.3) is 0 Å². The molecular weight excluding hydrogens is 176 g/mol. The lowest BCUT2D eigenvalue weighted by molar-refractivity contribution is 0.906. The van der Waals surface area contributed by atoms with E-state index in [9.17, 15) is 0 Å². The number of aromatic nitrogens is 3. The predicted octanol–water partition coefficient (Wildman–Crippen LogP) is 1.35. The van der Waals surface area contributed by atoms with Crippen molar-refractivity contribution >= 4 is 17.4 Å². The molecule has 0 radical (unpaired) electrons. The van der Waals surface area contributed by atoms with Gasteiger partial charge in [0.1, 0.15) is 5.82 Å². The number of hydrogen-bond acceptors (Lipinski definition) is 4. The molecule has 0 aromatic carbocycles. The average molecular weight is 185 g/mol. The van der Waals surface area contributed by atoms with Crippen molar-refractivity contribution in [1.82, 2.24) is 15.2 Å². The Balaban J connectivity index is 2.03. The number of hydrogen-bond donors (Lipinski definition) is 1. The van der Waals surface area contributed by atoms with E-state index in [1.165, 1.54) is 6.42 Å². The van der Waals surface area contributed by atoms with Crippen LogP contribution in [0.4, 0.5) is 5.82 Å². The number of halogens is 1. The minimum atomic E-state index is 0.188. The first-order valence-corrected chi connectivity index (χ1v) is 4.25. The molecule has 64 valence electrons. The van der Waals surface area contributed by atoms with Crippen LogP contribution in [0.5, 0.6) is 0 Å². The van der Waals surface area contributed by atoms with Crippen molar-refractivity contribution in [3.05, 3.63) is 11.5 Å². The summed E-state index contributed by atoms with van der Waals surface area (Å²) in [6.07, 6.45) is 2.78. The van der Waals surface area contributed by atoms with Crippen LogP contribution >= 0.6 is 11.6 Å². The smallest absolute Gasteiger partial charge is 0.244 e. The summed E-state index contributed by atoms with van der Waals surface area (Å²) in [5.41, 5.74) is 0. The van der Waals surface area contributed by atoms with Crippen LogP contribution < -0.4 is 5.32 Å². The maximum Gasteiger partial charge on any atom is 0.244 e. The molecule has 0 bridgehead atoms. The second-order valence-electron chi connectivity index (χ2n) is 3.07. The summed E-state index contributed by atoms with van der Waals surface area (Å²) in [5.74, 6) is 1.45. The molecule has 1 saturated carbocycles. The molecule has 2 unspecified atom stereocenters. The van der Waals surface area contributed by atoms with Gasteiger partial charge in [-0.1, -0.05) is 6.92 Å². The highest BCUT2D eigenvalue weighted by molar-refractivity contribution is 6.28. The fourth-order valence-electron chi connectivity index (χ4n) is 1.06. The van der Waals surface area contributed by atoms with E-state index in [-0.39, 0.29) is 5.28 Å². The zero-order valence-electron chi connectivity index (χ0n) is 6.66. The molecule has 0 saturated heterocycles. The highest BCUT2D eigenvalue weighted by Gasteiger charge is 2.32. The first-order chi connectivity index (χ1) is 5.75. The standard InChI is InChI=1S/C7H9ClN4/c1-4-2-5(4)10-6-3-9-12-7(8)11-6/h3-5H,2H2,1H3,(H,10,11,12). The van der Waals surface area contributed by atoms with E-state index in [1.54, 1.807) is 6.20 Å². The van der Waals surface area contributed by atoms with E-state index in [1.807, 2.05) is 0 Å². The number of anilines is 1. The van der Waals surface area contributed by atoms with Gasteiger partial charge in [0.05, 0.1) is 6.20 Å². The van der Waals surface area contributed by atoms with E-state index in [0.29, 0.717) is 11.9 Å². The summed E-state index contributed by atoms with van der Waals surface area (Å²) in [5, 5.41) is 10.6. The average Bonchev–Trinajstić information content (AvgIpc) is 2.66. The SMILES string of the molecule is CC1CC1Nc1cnnc(Cl)n1. The maximum absolute atomic E-state index is 5.56. The van der Waals surface area contributed by atoms with Gasteiger partial charge in [0.2, 0.25) is 5.28 Å². The molecule has 1 aliphatic carbocycles. The number of nitrogens with one attached hydrogen (secondary N) is 1. The van der Waals surface area contributed by atoms with Crippen LogP contribution in [-0.4, -0.2) is 21.2 Å². The summed E-state index contributed by atoms with van der Waals surface area (Å²) in [4.78, 5) is 3.97. The zero-order chi connectivity index (χ0) is 8.55. The van der Waals surface area contributed by atoms with Crippen LogP contribution in [0.2, 0.25) is 5.28 Å². The second kappa shape index (κ2) is 2.86. The molecule has 2 rings (SSSR count). The van der Waals surface area contributed by atoms with E-state index < -0.39 is 0 Å². The Morgan fingerprint density at radius 2 is 2.42 bits per heavy atom. The van der Waals surface area contributed by atoms with Crippen molar-refractivity contribution in [2.24, 2.45) is 5.92 Å². The normalized spacial score (nSPS) is 26.8. The van der Waals surface area contributed by atoms with Gasteiger partial charge < -0.3 is 5.32 Å². The van der Waals surface area contributed by atoms with Crippen molar-refractivity contribution < 1.29 is 0 Å². The lowest BCUT2D eigenvalue weighted by Crippen LogP contribution is -2.06. The van der Waals surface area contributed by atoms with Crippen molar-refractivity contribution in [1.29, 1.82) is 0 Å². The zero-order valence-corrected chi connectivity index (χ0v) is 7.41. The molecule has 0 amide bonds. The van der Waals surface area contributed by atoms with Crippen molar-refractivity contribution in [3.8, 4) is 0 Å². The Bertz CT molecular complexity index is 290. The number of rotatable bonds is 2. The summed E-state index contributed by atoms with van der Waals surface area (Å²) in [6.45, 7) is 2.19. The molecule has 1 heterocycles. The van der Waals surface area contributed by atoms with Gasteiger partial charge in [-0.25, -0.2) is 0 Å². The summed E-state index contributed by atoms with van der Waals surface area (Å²) in [6, 6.07) is 0.540. The molecule has 1 aromatic heterocycles. The number of nitrogens with zero attached hydrogens (tertiary/aromatic N) is 3. The molecule has 1 N–H and O–H groups in total. The van der Waals surface area contributed by atoms with Crippen LogP contribution in [0.15, 0.2) is 6.20 Å². The van der Waals surface area contributed by atoms with Crippen molar-refractivity contribution in [3.63, 3.8) is 0 Å². The fraction of sp³-hybridized carbons (Fsp3) is 0.571. The Labute approximate surface area is 75.4 Å². The molecule has 1 aromatic rings. The minimum absolute atomic E-state index is 0.188. The topological polar surface area (TPSA) is 50.7 Å². The van der Waals surface area contributed by atoms with Gasteiger partial charge in [-0.15, -0.1) is 5.10 Å². The lowest BCUT2D eigenvalue weighted by Gasteiger charge is -2.01. The van der Waals surface area contributed by atoms with Crippen LogP contribution in [0.3, 0.4) is 0 Å². The van der Waals surface area contributed by atoms with Gasteiger partial charge in [-0.05, 0) is 23.9 Å². The van der Waals surface area contributed by atoms with Gasteiger partial charge in [0.15, 0.2) is 0 Å². The summed E-state index contributed by atoms with van der Waals surface area (Å²) < 4.78 is 0. The largest absolute Gasteiger partial charge is 0.366 e. The molecule has 1 aliphatic rings. The van der Waals surface area contributed by atoms with Crippen LogP contribution in [-0.2, 0) is 0 Å². The Kier molecular flexibility index (Phi) is 1.84. The van der Waals surface area contributed by atoms with E-state index >= 15 is 0 Å². The van der Waals surface area contributed by atoms with Gasteiger partial charge in [-0.2, -0.15) is 10.1 Å². The summed E-state index contributed by atoms with van der Waals surface area (Å²) in [7, 11) is 0. The third kappa shape index (κ3) is 1.64. The van der Waals surface area contributed by atoms with Gasteiger partial charge in [-0.3, -0.25) is 0 Å². The van der Waals surface area contributed by atoms with Gasteiger partial charge >= 0.3 is 0 Å². The third-order valence-electron chi connectivity index (χ3n) is 1.98. The van der Waals surface area contributed by atoms with Gasteiger partial charge in [0.25, 0.3) is 0 Å². The molecular formula is C7H9ClN4. The summed E-state index contributed by atoms with van der Waals surface area (Å²) >= 11 is 5.56. The first kappa shape index (κ1) is 7.73. The van der Waals surface area contributed by atoms with Crippen molar-refractivity contribution in [2.45, 2.75) is 19.4 Å². The molecule has 0 aliphatic heterocycles. The molecule has 5 heteroatoms. The monoisotopic (exact) mass is 184 g/mol. The minimum Gasteiger partial charge on any atom is -0.366 e. The lowest BCUT2D eigenvalue weighted by atomic mass is 10.5. The fourth-order valence-corrected chi connectivity index (χ4v) is 1.20. The second-order valence-corrected chi connectivity index (χ2v) is 3.41. The third-order valence-corrected chi connectivity index (χ3v) is 2.14.